The quantitative estimate of drug-likeness (QED) is 0.811. The van der Waals surface area contributed by atoms with Crippen LogP contribution in [-0.2, 0) is 12.0 Å². The second-order valence-corrected chi connectivity index (χ2v) is 6.03. The third kappa shape index (κ3) is 6.80. The molecule has 0 unspecified atom stereocenters. The second-order valence-electron chi connectivity index (χ2n) is 6.03. The van der Waals surface area contributed by atoms with Gasteiger partial charge in [0.25, 0.3) is 0 Å². The maximum atomic E-state index is 12.3. The van der Waals surface area contributed by atoms with E-state index in [0.29, 0.717) is 6.54 Å². The summed E-state index contributed by atoms with van der Waals surface area (Å²) in [6, 6.07) is 3.47. The number of hydrogen-bond acceptors (Lipinski definition) is 3. The van der Waals surface area contributed by atoms with Gasteiger partial charge in [-0.25, -0.2) is 4.98 Å². The van der Waals surface area contributed by atoms with Crippen molar-refractivity contribution in [3.8, 4) is 5.88 Å². The van der Waals surface area contributed by atoms with Crippen LogP contribution in [0.3, 0.4) is 0 Å². The van der Waals surface area contributed by atoms with Gasteiger partial charge in [-0.05, 0) is 24.6 Å². The van der Waals surface area contributed by atoms with Crippen LogP contribution < -0.4 is 10.1 Å². The van der Waals surface area contributed by atoms with Gasteiger partial charge in [-0.1, -0.05) is 27.7 Å². The fraction of sp³-hybridized carbons (Fsp3) is 0.667. The van der Waals surface area contributed by atoms with Crippen LogP contribution in [0.5, 0.6) is 5.88 Å². The molecular weight excluding hydrogens is 281 g/mol. The molecule has 0 saturated carbocycles. The maximum Gasteiger partial charge on any atom is 0.422 e. The van der Waals surface area contributed by atoms with E-state index in [2.05, 4.69) is 17.2 Å². The molecule has 1 N–H and O–H groups in total. The summed E-state index contributed by atoms with van der Waals surface area (Å²) in [7, 11) is 0. The predicted octanol–water partition coefficient (Wildman–Crippen LogP) is 3.82. The van der Waals surface area contributed by atoms with E-state index in [1.807, 2.05) is 26.8 Å². The van der Waals surface area contributed by atoms with Crippen LogP contribution in [-0.4, -0.2) is 24.3 Å². The number of alkyl halides is 3. The highest BCUT2D eigenvalue weighted by Gasteiger charge is 2.29. The van der Waals surface area contributed by atoms with Crippen LogP contribution in [0.4, 0.5) is 13.2 Å². The molecule has 1 aromatic heterocycles. The number of halogens is 3. The smallest absolute Gasteiger partial charge is 0.422 e. The Morgan fingerprint density at radius 3 is 2.38 bits per heavy atom. The van der Waals surface area contributed by atoms with Crippen LogP contribution in [0, 0.1) is 0 Å². The minimum atomic E-state index is -4.36. The minimum absolute atomic E-state index is 0.0213. The Kier molecular flexibility index (Phi) is 6.01. The summed E-state index contributed by atoms with van der Waals surface area (Å²) in [6.45, 7) is 8.06. The van der Waals surface area contributed by atoms with Gasteiger partial charge in [-0.2, -0.15) is 13.2 Å². The van der Waals surface area contributed by atoms with E-state index in [-0.39, 0.29) is 11.3 Å². The molecular formula is C15H23F3N2O. The van der Waals surface area contributed by atoms with Crippen LogP contribution in [0.25, 0.3) is 0 Å². The maximum absolute atomic E-state index is 12.3. The van der Waals surface area contributed by atoms with Crippen molar-refractivity contribution in [2.45, 2.75) is 52.3 Å². The number of nitrogens with one attached hydrogen (secondary N) is 1. The Morgan fingerprint density at radius 1 is 1.19 bits per heavy atom. The summed E-state index contributed by atoms with van der Waals surface area (Å²) in [6.07, 6.45) is -3.37. The molecule has 0 aliphatic rings. The van der Waals surface area contributed by atoms with Crippen molar-refractivity contribution in [2.24, 2.45) is 0 Å². The van der Waals surface area contributed by atoms with E-state index in [1.54, 1.807) is 6.07 Å². The van der Waals surface area contributed by atoms with Gasteiger partial charge in [0.1, 0.15) is 0 Å². The molecule has 0 spiro atoms. The molecule has 0 saturated heterocycles. The molecule has 21 heavy (non-hydrogen) atoms. The highest BCUT2D eigenvalue weighted by Crippen LogP contribution is 2.25. The first-order chi connectivity index (χ1) is 9.62. The van der Waals surface area contributed by atoms with Gasteiger partial charge in [0, 0.05) is 18.0 Å². The zero-order valence-electron chi connectivity index (χ0n) is 13.0. The predicted molar refractivity (Wildman–Crippen MR) is 76.5 cm³/mol. The topological polar surface area (TPSA) is 34.1 Å². The minimum Gasteiger partial charge on any atom is -0.468 e. The molecule has 0 aliphatic carbocycles. The van der Waals surface area contributed by atoms with Gasteiger partial charge < -0.3 is 10.1 Å². The average Bonchev–Trinajstić information content (AvgIpc) is 2.35. The SMILES string of the molecule is CCCNCc1cc(OCC(F)(F)F)nc(C(C)(C)C)c1. The largest absolute Gasteiger partial charge is 0.468 e. The summed E-state index contributed by atoms with van der Waals surface area (Å²) in [5, 5.41) is 3.22. The molecule has 3 nitrogen and oxygen atoms in total. The molecule has 1 aromatic rings. The van der Waals surface area contributed by atoms with Gasteiger partial charge in [0.05, 0.1) is 5.69 Å². The Labute approximate surface area is 123 Å². The third-order valence-corrected chi connectivity index (χ3v) is 2.77. The first-order valence-corrected chi connectivity index (χ1v) is 7.03. The lowest BCUT2D eigenvalue weighted by molar-refractivity contribution is -0.154. The fourth-order valence-corrected chi connectivity index (χ4v) is 1.68. The van der Waals surface area contributed by atoms with Crippen molar-refractivity contribution in [1.29, 1.82) is 0 Å². The molecule has 0 atom stereocenters. The third-order valence-electron chi connectivity index (χ3n) is 2.77. The lowest BCUT2D eigenvalue weighted by Crippen LogP contribution is -2.22. The highest BCUT2D eigenvalue weighted by atomic mass is 19.4. The van der Waals surface area contributed by atoms with Crippen molar-refractivity contribution < 1.29 is 17.9 Å². The Balaban J connectivity index is 2.92. The van der Waals surface area contributed by atoms with Gasteiger partial charge in [0.2, 0.25) is 5.88 Å². The van der Waals surface area contributed by atoms with Crippen molar-refractivity contribution >= 4 is 0 Å². The molecule has 0 bridgehead atoms. The molecule has 0 fully saturated rings. The summed E-state index contributed by atoms with van der Waals surface area (Å²) in [5.41, 5.74) is 1.34. The number of ether oxygens (including phenoxy) is 1. The van der Waals surface area contributed by atoms with Gasteiger partial charge in [-0.3, -0.25) is 0 Å². The van der Waals surface area contributed by atoms with Gasteiger partial charge in [-0.15, -0.1) is 0 Å². The average molecular weight is 304 g/mol. The van der Waals surface area contributed by atoms with E-state index < -0.39 is 12.8 Å². The first kappa shape index (κ1) is 17.8. The zero-order valence-corrected chi connectivity index (χ0v) is 13.0. The van der Waals surface area contributed by atoms with Crippen LogP contribution in [0.15, 0.2) is 12.1 Å². The van der Waals surface area contributed by atoms with Crippen molar-refractivity contribution in [1.82, 2.24) is 10.3 Å². The van der Waals surface area contributed by atoms with Gasteiger partial charge >= 0.3 is 6.18 Å². The van der Waals surface area contributed by atoms with Crippen molar-refractivity contribution in [3.63, 3.8) is 0 Å². The van der Waals surface area contributed by atoms with E-state index in [9.17, 15) is 13.2 Å². The summed E-state index contributed by atoms with van der Waals surface area (Å²) >= 11 is 0. The standard InChI is InChI=1S/C15H23F3N2O/c1-5-6-19-9-11-7-12(14(2,3)4)20-13(8-11)21-10-15(16,17)18/h7-8,19H,5-6,9-10H2,1-4H3. The first-order valence-electron chi connectivity index (χ1n) is 7.03. The summed E-state index contributed by atoms with van der Waals surface area (Å²) < 4.78 is 41.6. The molecule has 0 aromatic carbocycles. The summed E-state index contributed by atoms with van der Waals surface area (Å²) in [5.74, 6) is 0.0213. The zero-order chi connectivity index (χ0) is 16.1. The fourth-order valence-electron chi connectivity index (χ4n) is 1.68. The lowest BCUT2D eigenvalue weighted by Gasteiger charge is -2.20. The Hall–Kier alpha value is -1.30. The molecule has 120 valence electrons. The van der Waals surface area contributed by atoms with Crippen LogP contribution in [0.2, 0.25) is 0 Å². The molecule has 6 heteroatoms. The summed E-state index contributed by atoms with van der Waals surface area (Å²) in [4.78, 5) is 4.19. The van der Waals surface area contributed by atoms with Crippen molar-refractivity contribution in [2.75, 3.05) is 13.2 Å². The van der Waals surface area contributed by atoms with E-state index >= 15 is 0 Å². The normalized spacial score (nSPS) is 12.5. The number of aromatic nitrogens is 1. The number of rotatable bonds is 6. The molecule has 0 amide bonds. The molecule has 0 radical (unpaired) electrons. The van der Waals surface area contributed by atoms with E-state index in [1.165, 1.54) is 0 Å². The molecule has 1 rings (SSSR count). The van der Waals surface area contributed by atoms with Crippen molar-refractivity contribution in [3.05, 3.63) is 23.4 Å². The highest BCUT2D eigenvalue weighted by molar-refractivity contribution is 5.28. The Bertz CT molecular complexity index is 453. The Morgan fingerprint density at radius 2 is 1.86 bits per heavy atom. The van der Waals surface area contributed by atoms with Crippen LogP contribution >= 0.6 is 0 Å². The molecule has 1 heterocycles. The van der Waals surface area contributed by atoms with E-state index in [0.717, 1.165) is 24.2 Å². The number of nitrogens with zero attached hydrogens (tertiary/aromatic N) is 1. The lowest BCUT2D eigenvalue weighted by atomic mass is 9.91. The second kappa shape index (κ2) is 7.11. The van der Waals surface area contributed by atoms with E-state index in [4.69, 9.17) is 4.74 Å². The van der Waals surface area contributed by atoms with Gasteiger partial charge in [0.15, 0.2) is 6.61 Å². The number of hydrogen-bond donors (Lipinski definition) is 1. The van der Waals surface area contributed by atoms with Crippen LogP contribution in [0.1, 0.15) is 45.4 Å². The molecule has 0 aliphatic heterocycles. The number of pyridine rings is 1. The monoisotopic (exact) mass is 304 g/mol.